The summed E-state index contributed by atoms with van der Waals surface area (Å²) in [5.74, 6) is 0. The van der Waals surface area contributed by atoms with Gasteiger partial charge in [-0.15, -0.1) is 0 Å². The summed E-state index contributed by atoms with van der Waals surface area (Å²) in [4.78, 5) is 7.18. The molecule has 11 aromatic rings. The maximum Gasteiger partial charge on any atom is 0.0645 e. The highest BCUT2D eigenvalue weighted by atomic mass is 15.1. The van der Waals surface area contributed by atoms with Gasteiger partial charge in [-0.1, -0.05) is 133 Å². The Morgan fingerprint density at radius 3 is 2.05 bits per heavy atom. The fourth-order valence-corrected chi connectivity index (χ4v) is 8.55. The molecule has 3 nitrogen and oxygen atoms in total. The molecule has 0 bridgehead atoms. The van der Waals surface area contributed by atoms with Crippen molar-refractivity contribution in [3.8, 4) is 16.8 Å². The molecule has 9 aromatic carbocycles. The minimum atomic E-state index is 0.907. The average Bonchev–Trinajstić information content (AvgIpc) is 3.61. The van der Waals surface area contributed by atoms with Crippen LogP contribution in [0, 0.1) is 0 Å². The zero-order chi connectivity index (χ0) is 37.0. The standard InChI is InChI=1S/C53H35N3/c1-3-14-43(15-4-1)55(49-19-9-12-37-11-7-8-18-47(37)49)45-29-28-42(54-35-45)27-22-36-21-23-40-34-41(25-24-39(40)33-36)46-31-32-51-53-48(46)30-26-38-13-10-20-50(52(38)53)56(51)44-16-5-2-6-17-44/h1-35H. The van der Waals surface area contributed by atoms with Gasteiger partial charge in [0.05, 0.1) is 34.3 Å². The second kappa shape index (κ2) is 13.1. The smallest absolute Gasteiger partial charge is 0.0645 e. The number of benzene rings is 9. The quantitative estimate of drug-likeness (QED) is 0.153. The Morgan fingerprint density at radius 2 is 1.18 bits per heavy atom. The van der Waals surface area contributed by atoms with Crippen molar-refractivity contribution in [3.63, 3.8) is 0 Å². The predicted molar refractivity (Wildman–Crippen MR) is 238 cm³/mol. The molecule has 2 aromatic heterocycles. The Hall–Kier alpha value is -7.49. The van der Waals surface area contributed by atoms with E-state index in [4.69, 9.17) is 4.98 Å². The molecular formula is C53H35N3. The van der Waals surface area contributed by atoms with E-state index in [1.54, 1.807) is 0 Å². The van der Waals surface area contributed by atoms with Crippen molar-refractivity contribution < 1.29 is 0 Å². The van der Waals surface area contributed by atoms with Crippen molar-refractivity contribution in [3.05, 3.63) is 212 Å². The molecule has 56 heavy (non-hydrogen) atoms. The molecule has 0 atom stereocenters. The van der Waals surface area contributed by atoms with E-state index in [-0.39, 0.29) is 0 Å². The highest BCUT2D eigenvalue weighted by Crippen LogP contribution is 2.43. The van der Waals surface area contributed by atoms with Gasteiger partial charge < -0.3 is 9.47 Å². The van der Waals surface area contributed by atoms with Crippen molar-refractivity contribution in [1.82, 2.24) is 9.55 Å². The third kappa shape index (κ3) is 5.32. The molecule has 2 heterocycles. The second-order valence-corrected chi connectivity index (χ2v) is 14.4. The molecule has 0 radical (unpaired) electrons. The van der Waals surface area contributed by atoms with Gasteiger partial charge in [-0.3, -0.25) is 4.98 Å². The monoisotopic (exact) mass is 713 g/mol. The summed E-state index contributed by atoms with van der Waals surface area (Å²) < 4.78 is 2.40. The van der Waals surface area contributed by atoms with Gasteiger partial charge in [0.2, 0.25) is 0 Å². The number of anilines is 3. The summed E-state index contributed by atoms with van der Waals surface area (Å²) in [5, 5.41) is 10.0. The van der Waals surface area contributed by atoms with Crippen LogP contribution in [0.3, 0.4) is 0 Å². The zero-order valence-electron chi connectivity index (χ0n) is 30.5. The molecule has 0 aliphatic carbocycles. The third-order valence-electron chi connectivity index (χ3n) is 11.1. The normalized spacial score (nSPS) is 11.9. The molecule has 0 saturated carbocycles. The van der Waals surface area contributed by atoms with Crippen LogP contribution in [0.2, 0.25) is 0 Å². The number of aromatic nitrogens is 2. The van der Waals surface area contributed by atoms with Crippen molar-refractivity contribution in [2.45, 2.75) is 0 Å². The minimum absolute atomic E-state index is 0.907. The van der Waals surface area contributed by atoms with E-state index in [0.717, 1.165) is 28.3 Å². The van der Waals surface area contributed by atoms with Crippen molar-refractivity contribution in [2.75, 3.05) is 4.90 Å². The van der Waals surface area contributed by atoms with E-state index >= 15 is 0 Å². The number of hydrogen-bond acceptors (Lipinski definition) is 2. The Kier molecular flexibility index (Phi) is 7.49. The summed E-state index contributed by atoms with van der Waals surface area (Å²) in [6.07, 6.45) is 6.21. The Bertz CT molecular complexity index is 3230. The van der Waals surface area contributed by atoms with Crippen molar-refractivity contribution in [1.29, 1.82) is 0 Å². The van der Waals surface area contributed by atoms with E-state index in [0.29, 0.717) is 0 Å². The van der Waals surface area contributed by atoms with Crippen LogP contribution in [-0.2, 0) is 0 Å². The van der Waals surface area contributed by atoms with E-state index in [2.05, 4.69) is 216 Å². The predicted octanol–water partition coefficient (Wildman–Crippen LogP) is 14.4. The first-order valence-corrected chi connectivity index (χ1v) is 19.1. The molecule has 11 rings (SSSR count). The lowest BCUT2D eigenvalue weighted by molar-refractivity contribution is 1.18. The molecule has 0 aliphatic rings. The maximum atomic E-state index is 4.90. The van der Waals surface area contributed by atoms with Gasteiger partial charge >= 0.3 is 0 Å². The van der Waals surface area contributed by atoms with Gasteiger partial charge in [0.1, 0.15) is 0 Å². The van der Waals surface area contributed by atoms with Gasteiger partial charge in [-0.2, -0.15) is 0 Å². The Balaban J connectivity index is 0.903. The molecule has 0 saturated heterocycles. The number of pyridine rings is 1. The molecule has 0 N–H and O–H groups in total. The first kappa shape index (κ1) is 32.0. The topological polar surface area (TPSA) is 21.1 Å². The van der Waals surface area contributed by atoms with Crippen LogP contribution < -0.4 is 4.90 Å². The van der Waals surface area contributed by atoms with Crippen LogP contribution in [0.5, 0.6) is 0 Å². The number of nitrogens with zero attached hydrogens (tertiary/aromatic N) is 3. The largest absolute Gasteiger partial charge is 0.309 e. The van der Waals surface area contributed by atoms with Crippen molar-refractivity contribution >= 4 is 83.3 Å². The fourth-order valence-electron chi connectivity index (χ4n) is 8.55. The molecule has 0 aliphatic heterocycles. The van der Waals surface area contributed by atoms with Crippen LogP contribution in [0.4, 0.5) is 17.1 Å². The lowest BCUT2D eigenvalue weighted by Gasteiger charge is -2.26. The lowest BCUT2D eigenvalue weighted by atomic mass is 9.93. The Morgan fingerprint density at radius 1 is 0.446 bits per heavy atom. The number of rotatable bonds is 7. The van der Waals surface area contributed by atoms with E-state index < -0.39 is 0 Å². The first-order chi connectivity index (χ1) is 27.8. The highest BCUT2D eigenvalue weighted by Gasteiger charge is 2.19. The van der Waals surface area contributed by atoms with Crippen LogP contribution in [0.1, 0.15) is 11.3 Å². The summed E-state index contributed by atoms with van der Waals surface area (Å²) in [6, 6.07) is 69.8. The van der Waals surface area contributed by atoms with Gasteiger partial charge in [0.15, 0.2) is 0 Å². The van der Waals surface area contributed by atoms with Crippen LogP contribution in [0.15, 0.2) is 200 Å². The molecule has 262 valence electrons. The lowest BCUT2D eigenvalue weighted by Crippen LogP contribution is -2.10. The summed E-state index contributed by atoms with van der Waals surface area (Å²) in [5.41, 5.74) is 11.4. The van der Waals surface area contributed by atoms with Gasteiger partial charge in [-0.05, 0) is 116 Å². The fraction of sp³-hybridized carbons (Fsp3) is 0. The number of para-hydroxylation sites is 2. The minimum Gasteiger partial charge on any atom is -0.309 e. The van der Waals surface area contributed by atoms with Crippen LogP contribution in [0.25, 0.3) is 83.1 Å². The summed E-state index contributed by atoms with van der Waals surface area (Å²) >= 11 is 0. The molecule has 0 fully saturated rings. The number of fused-ring (bicyclic) bond motifs is 2. The molecule has 0 spiro atoms. The molecule has 0 unspecified atom stereocenters. The second-order valence-electron chi connectivity index (χ2n) is 14.4. The van der Waals surface area contributed by atoms with E-state index in [1.165, 1.54) is 70.9 Å². The number of hydrogen-bond donors (Lipinski definition) is 0. The first-order valence-electron chi connectivity index (χ1n) is 19.1. The maximum absolute atomic E-state index is 4.90. The van der Waals surface area contributed by atoms with Crippen molar-refractivity contribution in [2.24, 2.45) is 0 Å². The third-order valence-corrected chi connectivity index (χ3v) is 11.1. The average molecular weight is 714 g/mol. The molecular weight excluding hydrogens is 679 g/mol. The van der Waals surface area contributed by atoms with Gasteiger partial charge in [0, 0.05) is 27.5 Å². The van der Waals surface area contributed by atoms with Gasteiger partial charge in [0.25, 0.3) is 0 Å². The summed E-state index contributed by atoms with van der Waals surface area (Å²) in [7, 11) is 0. The molecule has 0 amide bonds. The molecule has 3 heteroatoms. The van der Waals surface area contributed by atoms with Crippen LogP contribution in [-0.4, -0.2) is 9.55 Å². The van der Waals surface area contributed by atoms with Crippen LogP contribution >= 0.6 is 0 Å². The van der Waals surface area contributed by atoms with E-state index in [9.17, 15) is 0 Å². The Labute approximate surface area is 325 Å². The van der Waals surface area contributed by atoms with E-state index in [1.807, 2.05) is 6.20 Å². The highest BCUT2D eigenvalue weighted by molar-refractivity contribution is 6.26. The van der Waals surface area contributed by atoms with Gasteiger partial charge in [-0.25, -0.2) is 0 Å². The summed E-state index contributed by atoms with van der Waals surface area (Å²) in [6.45, 7) is 0. The zero-order valence-corrected chi connectivity index (χ0v) is 30.5. The SMILES string of the molecule is C(=Cc1ccc(N(c2ccccc2)c2cccc3ccccc23)cn1)c1ccc2cc(-c3ccc4c5c3ccc3cccc(c35)n4-c3ccccc3)ccc2c1.